The molecular weight excluding hydrogens is 323 g/mol. The van der Waals surface area contributed by atoms with Gasteiger partial charge in [-0.3, -0.25) is 13.8 Å². The van der Waals surface area contributed by atoms with Crippen LogP contribution in [0.2, 0.25) is 0 Å². The molecule has 0 aliphatic rings. The van der Waals surface area contributed by atoms with Gasteiger partial charge in [0.15, 0.2) is 5.82 Å². The molecule has 0 fully saturated rings. The molecule has 0 amide bonds. The molecule has 0 spiro atoms. The van der Waals surface area contributed by atoms with E-state index in [1.165, 1.54) is 12.1 Å². The average molecular weight is 338 g/mol. The first-order valence-electron chi connectivity index (χ1n) is 7.93. The minimum absolute atomic E-state index is 0.101. The van der Waals surface area contributed by atoms with Gasteiger partial charge in [-0.15, -0.1) is 10.2 Å². The summed E-state index contributed by atoms with van der Waals surface area (Å²) in [5.74, 6) is 1.04. The highest BCUT2D eigenvalue weighted by atomic mass is 19.1. The van der Waals surface area contributed by atoms with Crippen molar-refractivity contribution in [2.45, 2.75) is 20.1 Å². The van der Waals surface area contributed by atoms with Gasteiger partial charge in [-0.05, 0) is 31.2 Å². The quantitative estimate of drug-likeness (QED) is 0.574. The van der Waals surface area contributed by atoms with E-state index < -0.39 is 0 Å². The van der Waals surface area contributed by atoms with Crippen molar-refractivity contribution in [2.75, 3.05) is 0 Å². The topological polar surface area (TPSA) is 61.4 Å². The zero-order chi connectivity index (χ0) is 17.4. The molecular formula is C18H15FN4O2. The number of aryl methyl sites for hydroxylation is 1. The molecule has 0 saturated carbocycles. The third-order valence-electron chi connectivity index (χ3n) is 4.06. The molecule has 25 heavy (non-hydrogen) atoms. The van der Waals surface area contributed by atoms with Gasteiger partial charge in [0.1, 0.15) is 18.2 Å². The Bertz CT molecular complexity index is 1130. The van der Waals surface area contributed by atoms with Gasteiger partial charge in [0.25, 0.3) is 5.56 Å². The van der Waals surface area contributed by atoms with Crippen molar-refractivity contribution in [3.8, 4) is 5.75 Å². The lowest BCUT2D eigenvalue weighted by molar-refractivity contribution is 0.293. The third-order valence-corrected chi connectivity index (χ3v) is 4.06. The molecule has 4 rings (SSSR count). The number of hydrogen-bond donors (Lipinski definition) is 0. The highest BCUT2D eigenvalue weighted by Gasteiger charge is 2.15. The number of hydrogen-bond acceptors (Lipinski definition) is 4. The number of halogens is 1. The van der Waals surface area contributed by atoms with Gasteiger partial charge >= 0.3 is 0 Å². The number of aromatic nitrogens is 4. The maximum Gasteiger partial charge on any atom is 0.262 e. The maximum atomic E-state index is 13.3. The summed E-state index contributed by atoms with van der Waals surface area (Å²) in [7, 11) is 0. The van der Waals surface area contributed by atoms with Crippen LogP contribution in [0.5, 0.6) is 5.75 Å². The second-order valence-corrected chi connectivity index (χ2v) is 5.56. The number of para-hydroxylation sites is 1. The fourth-order valence-corrected chi connectivity index (χ4v) is 2.90. The van der Waals surface area contributed by atoms with E-state index in [2.05, 4.69) is 10.2 Å². The highest BCUT2D eigenvalue weighted by molar-refractivity contribution is 5.80. The summed E-state index contributed by atoms with van der Waals surface area (Å²) in [6, 6.07) is 13.2. The van der Waals surface area contributed by atoms with Crippen molar-refractivity contribution in [1.82, 2.24) is 19.2 Å². The normalized spacial score (nSPS) is 11.3. The van der Waals surface area contributed by atoms with E-state index in [1.807, 2.05) is 25.1 Å². The van der Waals surface area contributed by atoms with Gasteiger partial charge in [-0.1, -0.05) is 18.2 Å². The van der Waals surface area contributed by atoms with E-state index in [-0.39, 0.29) is 18.0 Å². The van der Waals surface area contributed by atoms with Crippen LogP contribution < -0.4 is 10.3 Å². The number of fused-ring (bicyclic) bond motifs is 3. The van der Waals surface area contributed by atoms with Gasteiger partial charge in [-0.25, -0.2) is 4.39 Å². The van der Waals surface area contributed by atoms with E-state index >= 15 is 0 Å². The van der Waals surface area contributed by atoms with E-state index in [0.29, 0.717) is 29.3 Å². The molecule has 4 aromatic rings. The van der Waals surface area contributed by atoms with Crippen LogP contribution in [0.4, 0.5) is 4.39 Å². The summed E-state index contributed by atoms with van der Waals surface area (Å²) >= 11 is 0. The van der Waals surface area contributed by atoms with E-state index in [4.69, 9.17) is 4.74 Å². The van der Waals surface area contributed by atoms with Gasteiger partial charge in [0, 0.05) is 12.6 Å². The Morgan fingerprint density at radius 2 is 1.96 bits per heavy atom. The third kappa shape index (κ3) is 2.53. The number of rotatable bonds is 4. The minimum Gasteiger partial charge on any atom is -0.485 e. The average Bonchev–Trinajstić information content (AvgIpc) is 3.04. The molecule has 0 saturated heterocycles. The first-order valence-corrected chi connectivity index (χ1v) is 7.93. The van der Waals surface area contributed by atoms with E-state index in [9.17, 15) is 9.18 Å². The second-order valence-electron chi connectivity index (χ2n) is 5.56. The molecule has 2 aromatic carbocycles. The van der Waals surface area contributed by atoms with Gasteiger partial charge in [0.05, 0.1) is 10.9 Å². The van der Waals surface area contributed by atoms with Crippen LogP contribution in [0.1, 0.15) is 12.7 Å². The molecule has 6 nitrogen and oxygen atoms in total. The first kappa shape index (κ1) is 15.3. The molecule has 0 N–H and O–H groups in total. The second kappa shape index (κ2) is 6.01. The molecule has 2 aromatic heterocycles. The molecule has 0 aliphatic heterocycles. The maximum absolute atomic E-state index is 13.3. The van der Waals surface area contributed by atoms with Crippen molar-refractivity contribution in [1.29, 1.82) is 0 Å². The Balaban J connectivity index is 1.85. The van der Waals surface area contributed by atoms with Crippen LogP contribution in [0.3, 0.4) is 0 Å². The molecule has 126 valence electrons. The van der Waals surface area contributed by atoms with Gasteiger partial charge < -0.3 is 4.74 Å². The van der Waals surface area contributed by atoms with E-state index in [1.54, 1.807) is 27.2 Å². The molecule has 0 bridgehead atoms. The molecule has 0 aliphatic carbocycles. The Morgan fingerprint density at radius 1 is 1.12 bits per heavy atom. The van der Waals surface area contributed by atoms with Crippen molar-refractivity contribution in [3.05, 3.63) is 70.5 Å². The van der Waals surface area contributed by atoms with Crippen molar-refractivity contribution in [3.63, 3.8) is 0 Å². The molecule has 2 heterocycles. The van der Waals surface area contributed by atoms with Crippen LogP contribution in [-0.2, 0) is 13.2 Å². The summed E-state index contributed by atoms with van der Waals surface area (Å²) < 4.78 is 22.3. The van der Waals surface area contributed by atoms with Crippen molar-refractivity contribution >= 4 is 16.7 Å². The number of benzene rings is 2. The molecule has 0 unspecified atom stereocenters. The van der Waals surface area contributed by atoms with Crippen LogP contribution in [-0.4, -0.2) is 19.2 Å². The zero-order valence-electron chi connectivity index (χ0n) is 13.5. The van der Waals surface area contributed by atoms with Gasteiger partial charge in [0.2, 0.25) is 5.78 Å². The van der Waals surface area contributed by atoms with Crippen LogP contribution in [0.25, 0.3) is 16.7 Å². The highest BCUT2D eigenvalue weighted by Crippen LogP contribution is 2.17. The summed E-state index contributed by atoms with van der Waals surface area (Å²) in [6.45, 7) is 2.47. The fourth-order valence-electron chi connectivity index (χ4n) is 2.90. The van der Waals surface area contributed by atoms with Gasteiger partial charge in [-0.2, -0.15) is 0 Å². The Kier molecular flexibility index (Phi) is 3.68. The predicted molar refractivity (Wildman–Crippen MR) is 91.2 cm³/mol. The van der Waals surface area contributed by atoms with Crippen molar-refractivity contribution < 1.29 is 9.13 Å². The lowest BCUT2D eigenvalue weighted by Gasteiger charge is -2.10. The largest absolute Gasteiger partial charge is 0.485 e. The summed E-state index contributed by atoms with van der Waals surface area (Å²) in [4.78, 5) is 12.6. The lowest BCUT2D eigenvalue weighted by Crippen LogP contribution is -2.22. The SMILES string of the molecule is CCn1c(=O)c2ccccc2n2c(COc3cccc(F)c3)nnc12. The minimum atomic E-state index is -0.367. The Hall–Kier alpha value is -3.22. The van der Waals surface area contributed by atoms with Crippen molar-refractivity contribution in [2.24, 2.45) is 0 Å². The summed E-state index contributed by atoms with van der Waals surface area (Å²) in [5.41, 5.74) is 0.616. The summed E-state index contributed by atoms with van der Waals surface area (Å²) in [5, 5.41) is 8.91. The number of ether oxygens (including phenoxy) is 1. The fraction of sp³-hybridized carbons (Fsp3) is 0.167. The lowest BCUT2D eigenvalue weighted by atomic mass is 10.2. The first-order chi connectivity index (χ1) is 12.2. The van der Waals surface area contributed by atoms with Crippen LogP contribution in [0, 0.1) is 5.82 Å². The Labute approximate surface area is 142 Å². The standard InChI is InChI=1S/C18H15FN4O2/c1-2-22-17(24)14-8-3-4-9-15(14)23-16(20-21-18(22)23)11-25-13-7-5-6-12(19)10-13/h3-10H,2,11H2,1H3. The monoisotopic (exact) mass is 338 g/mol. The van der Waals surface area contributed by atoms with Crippen LogP contribution >= 0.6 is 0 Å². The summed E-state index contributed by atoms with van der Waals surface area (Å²) in [6.07, 6.45) is 0. The smallest absolute Gasteiger partial charge is 0.262 e. The number of nitrogens with zero attached hydrogens (tertiary/aromatic N) is 4. The predicted octanol–water partition coefficient (Wildman–Crippen LogP) is 2.78. The van der Waals surface area contributed by atoms with Crippen LogP contribution in [0.15, 0.2) is 53.3 Å². The zero-order valence-corrected chi connectivity index (χ0v) is 13.5. The molecule has 0 radical (unpaired) electrons. The molecule has 0 atom stereocenters. The molecule has 7 heteroatoms. The Morgan fingerprint density at radius 3 is 2.76 bits per heavy atom. The van der Waals surface area contributed by atoms with E-state index in [0.717, 1.165) is 5.52 Å².